The first-order valence-electron chi connectivity index (χ1n) is 11.0. The van der Waals surface area contributed by atoms with Gasteiger partial charge in [0.25, 0.3) is 0 Å². The molecule has 3 heterocycles. The van der Waals surface area contributed by atoms with Crippen LogP contribution in [0.3, 0.4) is 0 Å². The predicted octanol–water partition coefficient (Wildman–Crippen LogP) is 9.52. The number of thiophene rings is 1. The van der Waals surface area contributed by atoms with Crippen molar-refractivity contribution in [3.8, 4) is 11.1 Å². The number of fused-ring (bicyclic) bond motifs is 9. The van der Waals surface area contributed by atoms with Crippen LogP contribution in [0, 0.1) is 0 Å². The number of hydrogen-bond donors (Lipinski definition) is 0. The molecule has 0 atom stereocenters. The Bertz CT molecular complexity index is 2030. The fourth-order valence-electron chi connectivity index (χ4n) is 5.08. The van der Waals surface area contributed by atoms with Gasteiger partial charge in [0.2, 0.25) is 0 Å². The van der Waals surface area contributed by atoms with E-state index in [1.807, 2.05) is 29.5 Å². The topological polar surface area (TPSA) is 26.3 Å². The highest BCUT2D eigenvalue weighted by Gasteiger charge is 2.14. The van der Waals surface area contributed by atoms with E-state index < -0.39 is 0 Å². The second-order valence-electron chi connectivity index (χ2n) is 8.56. The standard InChI is InChI=1S/C30H16O2S/c1-3-7-25-19(5-1)22-15-23-21-13-17(9-11-26(21)32-28(23)16-27(22)31-25)18-10-12-30-24(14-18)20-6-2-4-8-29(20)33-30/h1-16H. The van der Waals surface area contributed by atoms with Gasteiger partial charge in [0, 0.05) is 47.8 Å². The van der Waals surface area contributed by atoms with E-state index in [1.54, 1.807) is 0 Å². The lowest BCUT2D eigenvalue weighted by Crippen LogP contribution is -1.78. The summed E-state index contributed by atoms with van der Waals surface area (Å²) in [6, 6.07) is 34.3. The van der Waals surface area contributed by atoms with Gasteiger partial charge in [-0.3, -0.25) is 0 Å². The van der Waals surface area contributed by atoms with Crippen LogP contribution in [0.5, 0.6) is 0 Å². The second kappa shape index (κ2) is 6.25. The third-order valence-electron chi connectivity index (χ3n) is 6.68. The van der Waals surface area contributed by atoms with Crippen molar-refractivity contribution in [1.29, 1.82) is 0 Å². The summed E-state index contributed by atoms with van der Waals surface area (Å²) >= 11 is 1.85. The largest absolute Gasteiger partial charge is 0.456 e. The number of hydrogen-bond acceptors (Lipinski definition) is 3. The molecule has 0 N–H and O–H groups in total. The van der Waals surface area contributed by atoms with Crippen molar-refractivity contribution in [3.63, 3.8) is 0 Å². The molecule has 8 rings (SSSR count). The summed E-state index contributed by atoms with van der Waals surface area (Å²) in [7, 11) is 0. The summed E-state index contributed by atoms with van der Waals surface area (Å²) in [5.41, 5.74) is 5.93. The summed E-state index contributed by atoms with van der Waals surface area (Å²) in [5, 5.41) is 7.14. The van der Waals surface area contributed by atoms with Gasteiger partial charge < -0.3 is 8.83 Å². The quantitative estimate of drug-likeness (QED) is 0.254. The van der Waals surface area contributed by atoms with E-state index in [2.05, 4.69) is 78.9 Å². The molecular formula is C30H16O2S. The number of para-hydroxylation sites is 1. The van der Waals surface area contributed by atoms with Gasteiger partial charge >= 0.3 is 0 Å². The van der Waals surface area contributed by atoms with Crippen molar-refractivity contribution >= 4 is 75.4 Å². The molecule has 0 aliphatic carbocycles. The maximum atomic E-state index is 6.20. The first-order valence-corrected chi connectivity index (χ1v) is 11.8. The molecule has 0 aliphatic heterocycles. The lowest BCUT2D eigenvalue weighted by molar-refractivity contribution is 0.656. The van der Waals surface area contributed by atoms with Crippen LogP contribution in [0.2, 0.25) is 0 Å². The predicted molar refractivity (Wildman–Crippen MR) is 139 cm³/mol. The Morgan fingerprint density at radius 3 is 1.88 bits per heavy atom. The minimum Gasteiger partial charge on any atom is -0.456 e. The Kier molecular flexibility index (Phi) is 3.31. The second-order valence-corrected chi connectivity index (χ2v) is 9.65. The lowest BCUT2D eigenvalue weighted by atomic mass is 10.0. The van der Waals surface area contributed by atoms with Crippen molar-refractivity contribution in [2.24, 2.45) is 0 Å². The van der Waals surface area contributed by atoms with Gasteiger partial charge in [0.15, 0.2) is 0 Å². The minimum atomic E-state index is 0.855. The van der Waals surface area contributed by atoms with Gasteiger partial charge in [-0.05, 0) is 53.6 Å². The van der Waals surface area contributed by atoms with Crippen LogP contribution >= 0.6 is 11.3 Å². The third-order valence-corrected chi connectivity index (χ3v) is 7.83. The molecule has 0 saturated carbocycles. The van der Waals surface area contributed by atoms with Gasteiger partial charge in [-0.15, -0.1) is 11.3 Å². The third kappa shape index (κ3) is 2.43. The van der Waals surface area contributed by atoms with Crippen LogP contribution in [0.15, 0.2) is 106 Å². The zero-order valence-electron chi connectivity index (χ0n) is 17.5. The van der Waals surface area contributed by atoms with Gasteiger partial charge in [-0.25, -0.2) is 0 Å². The van der Waals surface area contributed by atoms with E-state index in [1.165, 1.54) is 31.3 Å². The molecule has 0 fully saturated rings. The molecule has 5 aromatic carbocycles. The van der Waals surface area contributed by atoms with Crippen LogP contribution < -0.4 is 0 Å². The van der Waals surface area contributed by atoms with Crippen molar-refractivity contribution < 1.29 is 8.83 Å². The highest BCUT2D eigenvalue weighted by molar-refractivity contribution is 7.25. The summed E-state index contributed by atoms with van der Waals surface area (Å²) in [5.74, 6) is 0. The first-order chi connectivity index (χ1) is 16.3. The van der Waals surface area contributed by atoms with Crippen LogP contribution in [-0.4, -0.2) is 0 Å². The number of rotatable bonds is 1. The smallest absolute Gasteiger partial charge is 0.139 e. The van der Waals surface area contributed by atoms with Crippen LogP contribution in [-0.2, 0) is 0 Å². The molecule has 3 aromatic heterocycles. The van der Waals surface area contributed by atoms with Crippen molar-refractivity contribution in [2.75, 3.05) is 0 Å². The molecule has 0 spiro atoms. The molecular weight excluding hydrogens is 424 g/mol. The Morgan fingerprint density at radius 2 is 1.00 bits per heavy atom. The van der Waals surface area contributed by atoms with Crippen LogP contribution in [0.25, 0.3) is 75.2 Å². The molecule has 8 aromatic rings. The zero-order valence-corrected chi connectivity index (χ0v) is 18.3. The van der Waals surface area contributed by atoms with Gasteiger partial charge in [-0.1, -0.05) is 48.5 Å². The van der Waals surface area contributed by atoms with E-state index in [4.69, 9.17) is 8.83 Å². The molecule has 0 saturated heterocycles. The maximum Gasteiger partial charge on any atom is 0.139 e. The van der Waals surface area contributed by atoms with Crippen molar-refractivity contribution in [2.45, 2.75) is 0 Å². The highest BCUT2D eigenvalue weighted by atomic mass is 32.1. The molecule has 0 unspecified atom stereocenters. The van der Waals surface area contributed by atoms with Crippen LogP contribution in [0.4, 0.5) is 0 Å². The summed E-state index contributed by atoms with van der Waals surface area (Å²) in [4.78, 5) is 0. The Morgan fingerprint density at radius 1 is 0.394 bits per heavy atom. The molecule has 2 nitrogen and oxygen atoms in total. The Balaban J connectivity index is 1.38. The van der Waals surface area contributed by atoms with Crippen molar-refractivity contribution in [1.82, 2.24) is 0 Å². The highest BCUT2D eigenvalue weighted by Crippen LogP contribution is 2.40. The average Bonchev–Trinajstić information content (AvgIpc) is 3.52. The fourth-order valence-corrected chi connectivity index (χ4v) is 6.17. The Hall–Kier alpha value is -4.08. The molecule has 0 amide bonds. The molecule has 154 valence electrons. The molecule has 3 heteroatoms. The van der Waals surface area contributed by atoms with E-state index in [9.17, 15) is 0 Å². The van der Waals surface area contributed by atoms with E-state index in [0.29, 0.717) is 0 Å². The minimum absolute atomic E-state index is 0.855. The molecule has 33 heavy (non-hydrogen) atoms. The summed E-state index contributed by atoms with van der Waals surface area (Å²) in [6.07, 6.45) is 0. The fraction of sp³-hybridized carbons (Fsp3) is 0. The van der Waals surface area contributed by atoms with Gasteiger partial charge in [0.05, 0.1) is 0 Å². The Labute approximate surface area is 192 Å². The summed E-state index contributed by atoms with van der Waals surface area (Å²) < 4.78 is 14.9. The van der Waals surface area contributed by atoms with E-state index in [0.717, 1.165) is 43.9 Å². The molecule has 0 radical (unpaired) electrons. The van der Waals surface area contributed by atoms with Crippen LogP contribution in [0.1, 0.15) is 0 Å². The monoisotopic (exact) mass is 440 g/mol. The lowest BCUT2D eigenvalue weighted by Gasteiger charge is -2.03. The number of benzene rings is 5. The first kappa shape index (κ1) is 17.5. The molecule has 0 aliphatic rings. The van der Waals surface area contributed by atoms with Crippen molar-refractivity contribution in [3.05, 3.63) is 97.1 Å². The maximum absolute atomic E-state index is 6.20. The summed E-state index contributed by atoms with van der Waals surface area (Å²) in [6.45, 7) is 0. The van der Waals surface area contributed by atoms with E-state index >= 15 is 0 Å². The zero-order chi connectivity index (χ0) is 21.5. The van der Waals surface area contributed by atoms with E-state index in [-0.39, 0.29) is 0 Å². The van der Waals surface area contributed by atoms with Gasteiger partial charge in [-0.2, -0.15) is 0 Å². The van der Waals surface area contributed by atoms with Gasteiger partial charge in [0.1, 0.15) is 22.3 Å². The molecule has 0 bridgehead atoms. The SMILES string of the molecule is c1ccc2c(c1)oc1cc3oc4ccc(-c5ccc6sc7ccccc7c6c5)cc4c3cc12. The number of furan rings is 2. The normalized spacial score (nSPS) is 12.2. The average molecular weight is 441 g/mol.